The molecule has 3 rings (SSSR count). The lowest BCUT2D eigenvalue weighted by atomic mass is 9.94. The fourth-order valence-electron chi connectivity index (χ4n) is 2.45. The number of ketones is 1. The summed E-state index contributed by atoms with van der Waals surface area (Å²) in [5.41, 5.74) is 7.71. The van der Waals surface area contributed by atoms with Gasteiger partial charge in [-0.25, -0.2) is 0 Å². The minimum Gasteiger partial charge on any atom is -0.398 e. The highest BCUT2D eigenvalue weighted by Crippen LogP contribution is 2.32. The summed E-state index contributed by atoms with van der Waals surface area (Å²) in [5, 5.41) is 11.4. The molecular weight excluding hydrogens is 436 g/mol. The first-order valence-electron chi connectivity index (χ1n) is 7.61. The molecule has 0 saturated heterocycles. The molecule has 1 aromatic carbocycles. The van der Waals surface area contributed by atoms with E-state index in [-0.39, 0.29) is 17.1 Å². The van der Waals surface area contributed by atoms with E-state index in [1.165, 1.54) is 17.5 Å². The molecule has 0 aliphatic carbocycles. The number of hydrogen-bond acceptors (Lipinski definition) is 5. The third-order valence-corrected chi connectivity index (χ3v) is 5.64. The summed E-state index contributed by atoms with van der Waals surface area (Å²) in [6.45, 7) is 0. The van der Waals surface area contributed by atoms with E-state index >= 15 is 0 Å². The van der Waals surface area contributed by atoms with Crippen LogP contribution < -0.4 is 5.73 Å². The smallest absolute Gasteiger partial charge is 0.204 e. The summed E-state index contributed by atoms with van der Waals surface area (Å²) in [5.74, 6) is -0.329. The molecule has 1 unspecified atom stereocenters. The number of hydrogen-bond donors (Lipinski definition) is 2. The first-order chi connectivity index (χ1) is 12.5. The van der Waals surface area contributed by atoms with Gasteiger partial charge in [-0.05, 0) is 51.8 Å². The second kappa shape index (κ2) is 8.14. The quantitative estimate of drug-likeness (QED) is 0.431. The van der Waals surface area contributed by atoms with Gasteiger partial charge in [-0.15, -0.1) is 11.3 Å². The van der Waals surface area contributed by atoms with Gasteiger partial charge in [0.05, 0.1) is 14.2 Å². The van der Waals surface area contributed by atoms with E-state index in [0.29, 0.717) is 21.0 Å². The molecule has 1 atom stereocenters. The van der Waals surface area contributed by atoms with E-state index in [1.54, 1.807) is 54.7 Å². The summed E-state index contributed by atoms with van der Waals surface area (Å²) < 4.78 is 0.820. The SMILES string of the molecule is NC(=C(C(=O)c1ccc(Br)s1)C(O)c1cccnc1)c1ccc(Cl)cc1. The predicted molar refractivity (Wildman–Crippen MR) is 108 cm³/mol. The molecule has 26 heavy (non-hydrogen) atoms. The number of aromatic nitrogens is 1. The van der Waals surface area contributed by atoms with E-state index in [1.807, 2.05) is 0 Å². The van der Waals surface area contributed by atoms with E-state index in [9.17, 15) is 9.90 Å². The van der Waals surface area contributed by atoms with Crippen LogP contribution in [0, 0.1) is 0 Å². The molecule has 0 radical (unpaired) electrons. The number of halogens is 2. The fraction of sp³-hybridized carbons (Fsp3) is 0.0526. The van der Waals surface area contributed by atoms with Gasteiger partial charge in [0.25, 0.3) is 0 Å². The molecule has 3 aromatic rings. The minimum absolute atomic E-state index is 0.106. The maximum Gasteiger partial charge on any atom is 0.204 e. The van der Waals surface area contributed by atoms with Gasteiger partial charge >= 0.3 is 0 Å². The number of carbonyl (C=O) groups excluding carboxylic acids is 1. The second-order valence-corrected chi connectivity index (χ2v) is 8.36. The second-order valence-electron chi connectivity index (χ2n) is 5.46. The molecule has 3 N–H and O–H groups in total. The molecule has 0 aliphatic heterocycles. The Morgan fingerprint density at radius 3 is 2.50 bits per heavy atom. The lowest BCUT2D eigenvalue weighted by Crippen LogP contribution is -2.17. The highest BCUT2D eigenvalue weighted by Gasteiger charge is 2.26. The van der Waals surface area contributed by atoms with Crippen LogP contribution in [0.25, 0.3) is 5.70 Å². The number of thiophene rings is 1. The third-order valence-electron chi connectivity index (χ3n) is 3.76. The van der Waals surface area contributed by atoms with Crippen molar-refractivity contribution in [3.63, 3.8) is 0 Å². The number of nitrogens with zero attached hydrogens (tertiary/aromatic N) is 1. The van der Waals surface area contributed by atoms with E-state index in [0.717, 1.165) is 3.79 Å². The van der Waals surface area contributed by atoms with Crippen LogP contribution >= 0.6 is 38.9 Å². The van der Waals surface area contributed by atoms with Crippen LogP contribution in [-0.2, 0) is 0 Å². The van der Waals surface area contributed by atoms with Crippen LogP contribution in [-0.4, -0.2) is 15.9 Å². The number of aliphatic hydroxyl groups is 1. The van der Waals surface area contributed by atoms with Gasteiger partial charge in [0.1, 0.15) is 6.10 Å². The first kappa shape index (κ1) is 18.8. The maximum atomic E-state index is 13.1. The van der Waals surface area contributed by atoms with Crippen molar-refractivity contribution in [2.75, 3.05) is 0 Å². The Morgan fingerprint density at radius 2 is 1.92 bits per heavy atom. The molecule has 0 saturated carbocycles. The summed E-state index contributed by atoms with van der Waals surface area (Å²) in [6, 6.07) is 13.7. The number of rotatable bonds is 5. The normalized spacial score (nSPS) is 13.2. The van der Waals surface area contributed by atoms with Crippen LogP contribution in [0.5, 0.6) is 0 Å². The Labute approximate surface area is 168 Å². The molecule has 0 amide bonds. The summed E-state index contributed by atoms with van der Waals surface area (Å²) >= 11 is 10.6. The molecule has 0 spiro atoms. The zero-order chi connectivity index (χ0) is 18.7. The molecule has 0 bridgehead atoms. The van der Waals surface area contributed by atoms with Gasteiger partial charge in [-0.2, -0.15) is 0 Å². The van der Waals surface area contributed by atoms with Crippen molar-refractivity contribution in [3.05, 3.63) is 91.3 Å². The van der Waals surface area contributed by atoms with Crippen molar-refractivity contribution in [2.24, 2.45) is 5.73 Å². The molecule has 0 aliphatic rings. The highest BCUT2D eigenvalue weighted by molar-refractivity contribution is 9.11. The predicted octanol–water partition coefficient (Wildman–Crippen LogP) is 4.85. The Balaban J connectivity index is 2.13. The minimum atomic E-state index is -1.20. The van der Waals surface area contributed by atoms with Crippen LogP contribution in [0.1, 0.15) is 26.9 Å². The Kier molecular flexibility index (Phi) is 5.88. The summed E-state index contributed by atoms with van der Waals surface area (Å²) in [4.78, 5) is 17.6. The highest BCUT2D eigenvalue weighted by atomic mass is 79.9. The van der Waals surface area contributed by atoms with E-state index < -0.39 is 6.10 Å². The zero-order valence-corrected chi connectivity index (χ0v) is 16.6. The van der Waals surface area contributed by atoms with Crippen molar-refractivity contribution in [1.82, 2.24) is 4.98 Å². The Morgan fingerprint density at radius 1 is 1.19 bits per heavy atom. The van der Waals surface area contributed by atoms with E-state index in [2.05, 4.69) is 20.9 Å². The van der Waals surface area contributed by atoms with Gasteiger partial charge in [0.2, 0.25) is 5.78 Å². The Bertz CT molecular complexity index is 955. The fourth-order valence-corrected chi connectivity index (χ4v) is 3.92. The van der Waals surface area contributed by atoms with Gasteiger partial charge in [-0.3, -0.25) is 9.78 Å². The number of Topliss-reactive ketones (excluding diaryl/α,β-unsaturated/α-hetero) is 1. The number of carbonyl (C=O) groups is 1. The number of benzene rings is 1. The largest absolute Gasteiger partial charge is 0.398 e. The van der Waals surface area contributed by atoms with Gasteiger partial charge in [0.15, 0.2) is 0 Å². The third kappa shape index (κ3) is 4.04. The number of nitrogens with two attached hydrogens (primary N) is 1. The van der Waals surface area contributed by atoms with Crippen LogP contribution in [0.2, 0.25) is 5.02 Å². The average molecular weight is 450 g/mol. The monoisotopic (exact) mass is 448 g/mol. The van der Waals surface area contributed by atoms with Crippen molar-refractivity contribution in [1.29, 1.82) is 0 Å². The number of pyridine rings is 1. The van der Waals surface area contributed by atoms with Crippen LogP contribution in [0.3, 0.4) is 0 Å². The maximum absolute atomic E-state index is 13.1. The van der Waals surface area contributed by atoms with E-state index in [4.69, 9.17) is 17.3 Å². The average Bonchev–Trinajstić information content (AvgIpc) is 3.09. The molecule has 0 fully saturated rings. The van der Waals surface area contributed by atoms with Crippen molar-refractivity contribution in [3.8, 4) is 0 Å². The van der Waals surface area contributed by atoms with Crippen molar-refractivity contribution in [2.45, 2.75) is 6.10 Å². The lowest BCUT2D eigenvalue weighted by Gasteiger charge is -2.17. The van der Waals surface area contributed by atoms with Gasteiger partial charge < -0.3 is 10.8 Å². The van der Waals surface area contributed by atoms with Crippen molar-refractivity contribution >= 4 is 50.3 Å². The summed E-state index contributed by atoms with van der Waals surface area (Å²) in [7, 11) is 0. The van der Waals surface area contributed by atoms with Crippen LogP contribution in [0.4, 0.5) is 0 Å². The molecule has 7 heteroatoms. The molecule has 2 heterocycles. The van der Waals surface area contributed by atoms with Gasteiger partial charge in [-0.1, -0.05) is 29.8 Å². The van der Waals surface area contributed by atoms with Gasteiger partial charge in [0, 0.05) is 28.7 Å². The first-order valence-corrected chi connectivity index (χ1v) is 9.59. The van der Waals surface area contributed by atoms with Crippen molar-refractivity contribution < 1.29 is 9.90 Å². The molecule has 4 nitrogen and oxygen atoms in total. The number of aliphatic hydroxyl groups excluding tert-OH is 1. The lowest BCUT2D eigenvalue weighted by molar-refractivity contribution is 0.0992. The molecule has 132 valence electrons. The molecule has 2 aromatic heterocycles. The standard InChI is InChI=1S/C19H14BrClN2O2S/c20-15-8-7-14(26-15)19(25)16(18(24)12-2-1-9-23-10-12)17(22)11-3-5-13(21)6-4-11/h1-10,18,24H,22H2. The Hall–Kier alpha value is -1.99. The summed E-state index contributed by atoms with van der Waals surface area (Å²) in [6.07, 6.45) is 1.91. The zero-order valence-electron chi connectivity index (χ0n) is 13.4. The van der Waals surface area contributed by atoms with Crippen LogP contribution in [0.15, 0.2) is 70.3 Å². The molecular formula is C19H14BrClN2O2S. The topological polar surface area (TPSA) is 76.2 Å².